The van der Waals surface area contributed by atoms with Crippen molar-refractivity contribution in [1.82, 2.24) is 4.72 Å². The minimum absolute atomic E-state index is 0.216. The standard InChI is InChI=1S/C18H16FN3O5S/c1-12(22-28(25,26)16-8-4-14(19)5-9-16)18(24)27-11-17(23)21-15-6-2-13(10-20)3-7-15/h2-9,12,22H,11H2,1H3,(H,21,23)/t12-/m0/s1. The molecule has 0 aliphatic heterocycles. The highest BCUT2D eigenvalue weighted by atomic mass is 32.2. The molecule has 1 amide bonds. The summed E-state index contributed by atoms with van der Waals surface area (Å²) in [5, 5.41) is 11.2. The lowest BCUT2D eigenvalue weighted by Crippen LogP contribution is -2.40. The van der Waals surface area contributed by atoms with Crippen LogP contribution in [0.3, 0.4) is 0 Å². The number of ether oxygens (including phenoxy) is 1. The highest BCUT2D eigenvalue weighted by Crippen LogP contribution is 2.11. The van der Waals surface area contributed by atoms with Gasteiger partial charge in [-0.2, -0.15) is 9.98 Å². The Morgan fingerprint density at radius 1 is 1.14 bits per heavy atom. The average molecular weight is 405 g/mol. The third-order valence-electron chi connectivity index (χ3n) is 3.45. The van der Waals surface area contributed by atoms with Crippen molar-refractivity contribution in [1.29, 1.82) is 5.26 Å². The molecule has 0 radical (unpaired) electrons. The first-order chi connectivity index (χ1) is 13.2. The van der Waals surface area contributed by atoms with E-state index in [-0.39, 0.29) is 4.90 Å². The second kappa shape index (κ2) is 9.07. The number of hydrogen-bond acceptors (Lipinski definition) is 6. The Labute approximate surface area is 161 Å². The predicted octanol–water partition coefficient (Wildman–Crippen LogP) is 1.55. The Kier molecular flexibility index (Phi) is 6.81. The van der Waals surface area contributed by atoms with Crippen LogP contribution < -0.4 is 10.0 Å². The van der Waals surface area contributed by atoms with E-state index in [1.165, 1.54) is 31.2 Å². The second-order valence-electron chi connectivity index (χ2n) is 5.64. The van der Waals surface area contributed by atoms with Gasteiger partial charge in [0.05, 0.1) is 16.5 Å². The Morgan fingerprint density at radius 2 is 1.75 bits per heavy atom. The van der Waals surface area contributed by atoms with Crippen LogP contribution in [-0.2, 0) is 24.3 Å². The molecule has 2 rings (SSSR count). The van der Waals surface area contributed by atoms with Gasteiger partial charge in [-0.25, -0.2) is 12.8 Å². The maximum atomic E-state index is 12.9. The highest BCUT2D eigenvalue weighted by molar-refractivity contribution is 7.89. The van der Waals surface area contributed by atoms with Crippen LogP contribution in [-0.4, -0.2) is 32.9 Å². The topological polar surface area (TPSA) is 125 Å². The monoisotopic (exact) mass is 405 g/mol. The van der Waals surface area contributed by atoms with E-state index in [2.05, 4.69) is 10.0 Å². The molecule has 0 spiro atoms. The average Bonchev–Trinajstić information content (AvgIpc) is 2.66. The molecule has 8 nitrogen and oxygen atoms in total. The van der Waals surface area contributed by atoms with Gasteiger partial charge in [-0.3, -0.25) is 9.59 Å². The number of rotatable bonds is 7. The van der Waals surface area contributed by atoms with Crippen molar-refractivity contribution in [2.24, 2.45) is 0 Å². The number of nitrogens with one attached hydrogen (secondary N) is 2. The van der Waals surface area contributed by atoms with Crippen molar-refractivity contribution in [3.63, 3.8) is 0 Å². The normalized spacial score (nSPS) is 11.9. The lowest BCUT2D eigenvalue weighted by Gasteiger charge is -2.14. The fraction of sp³-hybridized carbons (Fsp3) is 0.167. The number of hydrogen-bond donors (Lipinski definition) is 2. The van der Waals surface area contributed by atoms with Crippen LogP contribution in [0.15, 0.2) is 53.4 Å². The molecule has 2 aromatic rings. The van der Waals surface area contributed by atoms with E-state index in [4.69, 9.17) is 10.00 Å². The highest BCUT2D eigenvalue weighted by Gasteiger charge is 2.23. The van der Waals surface area contributed by atoms with E-state index < -0.39 is 40.4 Å². The Bertz CT molecular complexity index is 999. The quantitative estimate of drug-likeness (QED) is 0.673. The molecule has 146 valence electrons. The number of anilines is 1. The third kappa shape index (κ3) is 5.87. The zero-order valence-corrected chi connectivity index (χ0v) is 15.5. The SMILES string of the molecule is C[C@H](NS(=O)(=O)c1ccc(F)cc1)C(=O)OCC(=O)Nc1ccc(C#N)cc1. The van der Waals surface area contributed by atoms with Gasteiger partial charge in [-0.15, -0.1) is 0 Å². The first-order valence-electron chi connectivity index (χ1n) is 7.96. The molecule has 10 heteroatoms. The van der Waals surface area contributed by atoms with Crippen LogP contribution in [0.1, 0.15) is 12.5 Å². The van der Waals surface area contributed by atoms with Crippen molar-refractivity contribution in [3.05, 3.63) is 59.9 Å². The van der Waals surface area contributed by atoms with E-state index >= 15 is 0 Å². The number of nitriles is 1. The summed E-state index contributed by atoms with van der Waals surface area (Å²) < 4.78 is 44.1. The minimum Gasteiger partial charge on any atom is -0.454 e. The molecule has 0 saturated heterocycles. The Hall–Kier alpha value is -3.29. The van der Waals surface area contributed by atoms with E-state index in [1.807, 2.05) is 6.07 Å². The maximum absolute atomic E-state index is 12.9. The van der Waals surface area contributed by atoms with Crippen LogP contribution in [0.5, 0.6) is 0 Å². The summed E-state index contributed by atoms with van der Waals surface area (Å²) in [5.74, 6) is -2.19. The first kappa shape index (κ1) is 21.0. The largest absolute Gasteiger partial charge is 0.454 e. The number of halogens is 1. The van der Waals surface area contributed by atoms with E-state index in [0.29, 0.717) is 11.3 Å². The van der Waals surface area contributed by atoms with Crippen LogP contribution in [0.2, 0.25) is 0 Å². The molecule has 0 fully saturated rings. The maximum Gasteiger partial charge on any atom is 0.324 e. The molecule has 28 heavy (non-hydrogen) atoms. The van der Waals surface area contributed by atoms with Crippen molar-refractivity contribution in [3.8, 4) is 6.07 Å². The van der Waals surface area contributed by atoms with Crippen molar-refractivity contribution in [2.45, 2.75) is 17.9 Å². The van der Waals surface area contributed by atoms with Gasteiger partial charge in [0.15, 0.2) is 6.61 Å². The number of benzene rings is 2. The van der Waals surface area contributed by atoms with Gasteiger partial charge in [0.1, 0.15) is 11.9 Å². The van der Waals surface area contributed by atoms with E-state index in [0.717, 1.165) is 24.3 Å². The third-order valence-corrected chi connectivity index (χ3v) is 5.01. The number of nitrogens with zero attached hydrogens (tertiary/aromatic N) is 1. The number of carbonyl (C=O) groups excluding carboxylic acids is 2. The number of esters is 1. The molecule has 0 saturated carbocycles. The molecule has 0 aliphatic carbocycles. The van der Waals surface area contributed by atoms with E-state index in [9.17, 15) is 22.4 Å². The molecule has 2 N–H and O–H groups in total. The summed E-state index contributed by atoms with van der Waals surface area (Å²) in [6.45, 7) is 0.628. The summed E-state index contributed by atoms with van der Waals surface area (Å²) in [5.41, 5.74) is 0.830. The Morgan fingerprint density at radius 3 is 2.32 bits per heavy atom. The van der Waals surface area contributed by atoms with Crippen molar-refractivity contribution in [2.75, 3.05) is 11.9 Å². The molecule has 1 atom stereocenters. The van der Waals surface area contributed by atoms with Gasteiger partial charge in [0.2, 0.25) is 10.0 Å². The number of carbonyl (C=O) groups is 2. The van der Waals surface area contributed by atoms with Crippen LogP contribution in [0, 0.1) is 17.1 Å². The Balaban J connectivity index is 1.86. The summed E-state index contributed by atoms with van der Waals surface area (Å²) in [7, 11) is -4.06. The number of sulfonamides is 1. The molecule has 0 heterocycles. The second-order valence-corrected chi connectivity index (χ2v) is 7.36. The lowest BCUT2D eigenvalue weighted by molar-refractivity contribution is -0.148. The van der Waals surface area contributed by atoms with E-state index in [1.54, 1.807) is 0 Å². The number of amides is 1. The minimum atomic E-state index is -4.06. The van der Waals surface area contributed by atoms with Gasteiger partial charge in [0.25, 0.3) is 5.91 Å². The fourth-order valence-corrected chi connectivity index (χ4v) is 3.24. The fourth-order valence-electron chi connectivity index (χ4n) is 2.05. The van der Waals surface area contributed by atoms with Crippen LogP contribution in [0.4, 0.5) is 10.1 Å². The van der Waals surface area contributed by atoms with Crippen LogP contribution >= 0.6 is 0 Å². The summed E-state index contributed by atoms with van der Waals surface area (Å²) >= 11 is 0. The summed E-state index contributed by atoms with van der Waals surface area (Å²) in [6.07, 6.45) is 0. The van der Waals surface area contributed by atoms with Gasteiger partial charge in [-0.1, -0.05) is 0 Å². The summed E-state index contributed by atoms with van der Waals surface area (Å²) in [4.78, 5) is 23.5. The molecule has 0 aromatic heterocycles. The van der Waals surface area contributed by atoms with Gasteiger partial charge < -0.3 is 10.1 Å². The molecular formula is C18H16FN3O5S. The molecular weight excluding hydrogens is 389 g/mol. The molecule has 0 bridgehead atoms. The van der Waals surface area contributed by atoms with Crippen molar-refractivity contribution < 1.29 is 27.1 Å². The molecule has 2 aromatic carbocycles. The zero-order chi connectivity index (χ0) is 20.7. The summed E-state index contributed by atoms with van der Waals surface area (Å²) in [6, 6.07) is 10.8. The van der Waals surface area contributed by atoms with Crippen molar-refractivity contribution >= 4 is 27.6 Å². The lowest BCUT2D eigenvalue weighted by atomic mass is 10.2. The molecule has 0 aliphatic rings. The predicted molar refractivity (Wildman–Crippen MR) is 96.9 cm³/mol. The zero-order valence-electron chi connectivity index (χ0n) is 14.7. The molecule has 0 unspecified atom stereocenters. The first-order valence-corrected chi connectivity index (χ1v) is 9.44. The van der Waals surface area contributed by atoms with Gasteiger partial charge in [-0.05, 0) is 55.5 Å². The van der Waals surface area contributed by atoms with Crippen LogP contribution in [0.25, 0.3) is 0 Å². The smallest absolute Gasteiger partial charge is 0.324 e. The van der Waals surface area contributed by atoms with Gasteiger partial charge >= 0.3 is 5.97 Å². The van der Waals surface area contributed by atoms with Gasteiger partial charge in [0, 0.05) is 5.69 Å².